The minimum atomic E-state index is -1.05. The molecule has 0 aliphatic carbocycles. The molecular weight excluding hydrogens is 668 g/mol. The minimum absolute atomic E-state index is 0.155. The number of aromatic hydroxyl groups is 2. The molecule has 0 bridgehead atoms. The fourth-order valence-corrected chi connectivity index (χ4v) is 5.13. The van der Waals surface area contributed by atoms with Crippen molar-refractivity contribution in [1.29, 1.82) is 0 Å². The third-order valence-corrected chi connectivity index (χ3v) is 7.97. The van der Waals surface area contributed by atoms with Crippen molar-refractivity contribution in [3.05, 3.63) is 69.2 Å². The highest BCUT2D eigenvalue weighted by Gasteiger charge is 2.28. The normalized spacial score (nSPS) is 13.0. The summed E-state index contributed by atoms with van der Waals surface area (Å²) in [6, 6.07) is 6.76. The van der Waals surface area contributed by atoms with Crippen LogP contribution in [0.4, 0.5) is 0 Å². The summed E-state index contributed by atoms with van der Waals surface area (Å²) < 4.78 is 10.0. The molecule has 6 N–H and O–H groups in total. The zero-order chi connectivity index (χ0) is 40.0. The van der Waals surface area contributed by atoms with Gasteiger partial charge in [0.2, 0.25) is 11.5 Å². The van der Waals surface area contributed by atoms with E-state index in [0.29, 0.717) is 33.4 Å². The van der Waals surface area contributed by atoms with E-state index in [4.69, 9.17) is 9.47 Å². The number of amides is 2. The fraction of sp³-hybridized carbons (Fsp3) is 0.500. The van der Waals surface area contributed by atoms with E-state index in [0.717, 1.165) is 0 Å². The summed E-state index contributed by atoms with van der Waals surface area (Å²) in [4.78, 5) is 49.1. The monoisotopic (exact) mass is 724 g/mol. The van der Waals surface area contributed by atoms with Crippen LogP contribution >= 0.6 is 0 Å². The molecule has 2 aromatic carbocycles. The average Bonchev–Trinajstić information content (AvgIpc) is 2.99. The smallest absolute Gasteiger partial charge is 0.373 e. The molecule has 0 radical (unpaired) electrons. The molecule has 0 atom stereocenters. The van der Waals surface area contributed by atoms with E-state index in [1.54, 1.807) is 24.3 Å². The van der Waals surface area contributed by atoms with Crippen LogP contribution in [0, 0.1) is 0 Å². The fourth-order valence-electron chi connectivity index (χ4n) is 5.13. The number of phenols is 2. The van der Waals surface area contributed by atoms with Crippen molar-refractivity contribution in [2.45, 2.75) is 105 Å². The molecule has 0 saturated carbocycles. The van der Waals surface area contributed by atoms with Gasteiger partial charge in [-0.05, 0) is 69.2 Å². The predicted octanol–water partition coefficient (Wildman–Crippen LogP) is 6.10. The molecule has 0 aliphatic heterocycles. The van der Waals surface area contributed by atoms with Gasteiger partial charge in [0.25, 0.3) is 0 Å². The molecule has 0 fully saturated rings. The van der Waals surface area contributed by atoms with E-state index < -0.39 is 56.9 Å². The van der Waals surface area contributed by atoms with E-state index in [-0.39, 0.29) is 37.8 Å². The Kier molecular flexibility index (Phi) is 13.7. The first kappa shape index (κ1) is 43.2. The van der Waals surface area contributed by atoms with Gasteiger partial charge in [-0.25, -0.2) is 9.59 Å². The van der Waals surface area contributed by atoms with Gasteiger partial charge in [-0.15, -0.1) is 0 Å². The molecule has 0 aliphatic rings. The average molecular weight is 725 g/mol. The van der Waals surface area contributed by atoms with Crippen LogP contribution in [0.3, 0.4) is 0 Å². The van der Waals surface area contributed by atoms with E-state index in [2.05, 4.69) is 10.6 Å². The highest BCUT2D eigenvalue weighted by atomic mass is 16.5. The van der Waals surface area contributed by atoms with Crippen LogP contribution in [0.15, 0.2) is 35.8 Å². The number of ether oxygens (including phenoxy) is 2. The lowest BCUT2D eigenvalue weighted by molar-refractivity contribution is -0.144. The zero-order valence-corrected chi connectivity index (χ0v) is 32.5. The molecule has 2 amide bonds. The van der Waals surface area contributed by atoms with Gasteiger partial charge in [-0.3, -0.25) is 9.59 Å². The molecule has 2 rings (SSSR count). The number of rotatable bonds is 10. The Morgan fingerprint density at radius 2 is 0.788 bits per heavy atom. The molecule has 52 heavy (non-hydrogen) atoms. The third-order valence-electron chi connectivity index (χ3n) is 7.97. The molecule has 0 saturated heterocycles. The number of aliphatic hydroxyl groups is 2. The van der Waals surface area contributed by atoms with Gasteiger partial charge in [0.1, 0.15) is 24.7 Å². The number of phenolic OH excluding ortho intramolecular Hbond substituents is 2. The second-order valence-electron chi connectivity index (χ2n) is 16.8. The summed E-state index contributed by atoms with van der Waals surface area (Å²) >= 11 is 0. The lowest BCUT2D eigenvalue weighted by Crippen LogP contribution is -2.42. The number of nitrogens with one attached hydrogen (secondary N) is 2. The first-order chi connectivity index (χ1) is 23.6. The van der Waals surface area contributed by atoms with Crippen molar-refractivity contribution in [3.63, 3.8) is 0 Å². The Bertz CT molecular complexity index is 1530. The van der Waals surface area contributed by atoms with Gasteiger partial charge in [-0.2, -0.15) is 0 Å². The van der Waals surface area contributed by atoms with Crippen LogP contribution in [0.2, 0.25) is 0 Å². The Morgan fingerprint density at radius 3 is 1.02 bits per heavy atom. The summed E-state index contributed by atoms with van der Waals surface area (Å²) in [5.41, 5.74) is 1.93. The maximum absolute atomic E-state index is 12.4. The van der Waals surface area contributed by atoms with Crippen molar-refractivity contribution in [2.75, 3.05) is 26.3 Å². The summed E-state index contributed by atoms with van der Waals surface area (Å²) in [6.07, 6.45) is 2.47. The van der Waals surface area contributed by atoms with E-state index in [9.17, 15) is 39.6 Å². The van der Waals surface area contributed by atoms with E-state index in [1.165, 1.54) is 12.2 Å². The second-order valence-corrected chi connectivity index (χ2v) is 16.8. The first-order valence-corrected chi connectivity index (χ1v) is 17.1. The Balaban J connectivity index is 1.89. The van der Waals surface area contributed by atoms with E-state index in [1.807, 2.05) is 83.1 Å². The Labute approximate surface area is 306 Å². The molecule has 286 valence electrons. The first-order valence-electron chi connectivity index (χ1n) is 17.1. The Hall–Kier alpha value is -5.00. The summed E-state index contributed by atoms with van der Waals surface area (Å²) in [6.45, 7) is 22.1. The van der Waals surface area contributed by atoms with Gasteiger partial charge in [0.05, 0.1) is 13.1 Å². The number of hydrogen-bond acceptors (Lipinski definition) is 10. The van der Waals surface area contributed by atoms with Crippen molar-refractivity contribution >= 4 is 35.9 Å². The van der Waals surface area contributed by atoms with Crippen molar-refractivity contribution in [1.82, 2.24) is 10.6 Å². The number of carbonyl (C=O) groups excluding carboxylic acids is 4. The lowest BCUT2D eigenvalue weighted by atomic mass is 9.78. The largest absolute Gasteiger partial charge is 0.507 e. The molecule has 2 aromatic rings. The van der Waals surface area contributed by atoms with Gasteiger partial charge >= 0.3 is 23.8 Å². The zero-order valence-electron chi connectivity index (χ0n) is 32.5. The van der Waals surface area contributed by atoms with Gasteiger partial charge in [0.15, 0.2) is 0 Å². The maximum Gasteiger partial charge on any atom is 0.373 e. The molecular formula is C40H56N2O10. The Morgan fingerprint density at radius 1 is 0.538 bits per heavy atom. The van der Waals surface area contributed by atoms with Crippen LogP contribution in [0.25, 0.3) is 12.2 Å². The highest BCUT2D eigenvalue weighted by molar-refractivity contribution is 6.35. The number of carbonyl (C=O) groups is 4. The maximum atomic E-state index is 12.4. The summed E-state index contributed by atoms with van der Waals surface area (Å²) in [5.74, 6) is -5.21. The van der Waals surface area contributed by atoms with Gasteiger partial charge in [0, 0.05) is 22.3 Å². The van der Waals surface area contributed by atoms with E-state index >= 15 is 0 Å². The highest BCUT2D eigenvalue weighted by Crippen LogP contribution is 2.41. The molecule has 12 heteroatoms. The lowest BCUT2D eigenvalue weighted by Gasteiger charge is -2.28. The van der Waals surface area contributed by atoms with Crippen molar-refractivity contribution in [3.8, 4) is 11.5 Å². The van der Waals surface area contributed by atoms with Crippen LogP contribution < -0.4 is 10.6 Å². The summed E-state index contributed by atoms with van der Waals surface area (Å²) in [7, 11) is 0. The SMILES string of the molecule is CC(C)(C)c1cc(C=C(O)C(=O)OCCNC(=O)C(=O)NCCOC(=O)C(O)=Cc2cc(C(C)(C)C)c(O)c(C(C)(C)C)c2)cc(C(C)(C)C)c1O. The van der Waals surface area contributed by atoms with Crippen molar-refractivity contribution in [2.24, 2.45) is 0 Å². The number of hydrogen-bond donors (Lipinski definition) is 6. The number of benzene rings is 2. The molecule has 0 unspecified atom stereocenters. The molecule has 0 spiro atoms. The van der Waals surface area contributed by atoms with Gasteiger partial charge < -0.3 is 40.5 Å². The standard InChI is InChI=1S/C40H56N2O10/c1-37(2,3)25-17-23(18-26(31(25)45)38(4,5)6)21-29(43)35(49)51-15-13-41-33(47)34(48)42-14-16-52-36(50)30(44)22-24-19-27(39(7,8)9)32(46)28(20-24)40(10,11)12/h17-22,43-46H,13-16H2,1-12H3,(H,41,47)(H,42,48). The van der Waals surface area contributed by atoms with Crippen LogP contribution in [-0.4, -0.2) is 70.5 Å². The molecule has 0 aromatic heterocycles. The van der Waals surface area contributed by atoms with Gasteiger partial charge in [-0.1, -0.05) is 83.1 Å². The topological polar surface area (TPSA) is 192 Å². The van der Waals surface area contributed by atoms with Crippen LogP contribution in [0.5, 0.6) is 11.5 Å². The molecule has 12 nitrogen and oxygen atoms in total. The minimum Gasteiger partial charge on any atom is -0.507 e. The number of esters is 2. The van der Waals surface area contributed by atoms with Crippen LogP contribution in [-0.2, 0) is 50.3 Å². The third kappa shape index (κ3) is 12.1. The second kappa shape index (κ2) is 16.6. The molecule has 0 heterocycles. The van der Waals surface area contributed by atoms with Crippen molar-refractivity contribution < 1.29 is 49.1 Å². The quantitative estimate of drug-likeness (QED) is 0.0548. The van der Waals surface area contributed by atoms with Crippen LogP contribution in [0.1, 0.15) is 116 Å². The predicted molar refractivity (Wildman–Crippen MR) is 200 cm³/mol. The summed E-state index contributed by atoms with van der Waals surface area (Å²) in [5, 5.41) is 47.1. The number of aliphatic hydroxyl groups excluding tert-OH is 2.